The van der Waals surface area contributed by atoms with Crippen molar-refractivity contribution in [3.63, 3.8) is 0 Å². The summed E-state index contributed by atoms with van der Waals surface area (Å²) in [7, 11) is 0. The number of nitrogens with two attached hydrogens (primary N) is 1. The number of amides is 1. The van der Waals surface area contributed by atoms with E-state index in [0.717, 1.165) is 25.2 Å². The van der Waals surface area contributed by atoms with Crippen molar-refractivity contribution in [3.8, 4) is 0 Å². The van der Waals surface area contributed by atoms with Gasteiger partial charge in [-0.25, -0.2) is 0 Å². The molecule has 0 saturated heterocycles. The first-order chi connectivity index (χ1) is 9.77. The minimum Gasteiger partial charge on any atom is -0.349 e. The Labute approximate surface area is 129 Å². The average molecular weight is 292 g/mol. The molecule has 4 rings (SSSR count). The molecule has 3 N–H and O–H groups in total. The zero-order valence-electron chi connectivity index (χ0n) is 14.0. The van der Waals surface area contributed by atoms with Crippen LogP contribution in [-0.4, -0.2) is 17.5 Å². The largest absolute Gasteiger partial charge is 0.349 e. The lowest BCUT2D eigenvalue weighted by Crippen LogP contribution is -2.66. The van der Waals surface area contributed by atoms with Gasteiger partial charge in [-0.1, -0.05) is 33.6 Å². The monoisotopic (exact) mass is 292 g/mol. The van der Waals surface area contributed by atoms with Crippen molar-refractivity contribution >= 4 is 5.91 Å². The van der Waals surface area contributed by atoms with Crippen molar-refractivity contribution in [2.75, 3.05) is 0 Å². The number of rotatable bonds is 5. The Balaban J connectivity index is 1.71. The highest BCUT2D eigenvalue weighted by atomic mass is 16.2. The van der Waals surface area contributed by atoms with Gasteiger partial charge in [-0.15, -0.1) is 0 Å². The van der Waals surface area contributed by atoms with Crippen LogP contribution >= 0.6 is 0 Å². The summed E-state index contributed by atoms with van der Waals surface area (Å²) in [5.74, 6) is 0.904. The van der Waals surface area contributed by atoms with E-state index in [1.807, 2.05) is 0 Å². The Hall–Kier alpha value is -0.570. The maximum atomic E-state index is 12.5. The van der Waals surface area contributed by atoms with Crippen molar-refractivity contribution in [3.05, 3.63) is 0 Å². The fraction of sp³-hybridized carbons (Fsp3) is 0.944. The molecule has 0 aromatic carbocycles. The molecular formula is C18H32N2O. The second-order valence-corrected chi connectivity index (χ2v) is 9.15. The maximum absolute atomic E-state index is 12.5. The van der Waals surface area contributed by atoms with E-state index in [1.165, 1.54) is 38.5 Å². The van der Waals surface area contributed by atoms with E-state index >= 15 is 0 Å². The van der Waals surface area contributed by atoms with Gasteiger partial charge in [-0.05, 0) is 61.7 Å². The lowest BCUT2D eigenvalue weighted by atomic mass is 9.43. The summed E-state index contributed by atoms with van der Waals surface area (Å²) in [5.41, 5.74) is 7.01. The number of carbonyl (C=O) groups excluding carboxylic acids is 1. The molecule has 4 saturated carbocycles. The third-order valence-electron chi connectivity index (χ3n) is 6.22. The lowest BCUT2D eigenvalue weighted by molar-refractivity contribution is -0.140. The summed E-state index contributed by atoms with van der Waals surface area (Å²) in [5, 5.41) is 3.42. The molecular weight excluding hydrogens is 260 g/mol. The SMILES string of the molecule is CCCCC(N)C(=O)NC12CC3CC(C)(CC(C)(C3)C1)C2. The molecule has 0 aromatic heterocycles. The van der Waals surface area contributed by atoms with Gasteiger partial charge in [0.25, 0.3) is 0 Å². The first-order valence-corrected chi connectivity index (χ1v) is 8.85. The molecule has 4 fully saturated rings. The molecule has 3 atom stereocenters. The molecule has 3 nitrogen and oxygen atoms in total. The fourth-order valence-electron chi connectivity index (χ4n) is 6.50. The van der Waals surface area contributed by atoms with Crippen LogP contribution in [0, 0.1) is 16.7 Å². The highest BCUT2D eigenvalue weighted by Crippen LogP contribution is 2.66. The summed E-state index contributed by atoms with van der Waals surface area (Å²) in [6.07, 6.45) is 10.5. The topological polar surface area (TPSA) is 55.1 Å². The van der Waals surface area contributed by atoms with Gasteiger partial charge >= 0.3 is 0 Å². The van der Waals surface area contributed by atoms with Crippen molar-refractivity contribution in [1.82, 2.24) is 5.32 Å². The summed E-state index contributed by atoms with van der Waals surface area (Å²) < 4.78 is 0. The Kier molecular flexibility index (Phi) is 3.63. The second kappa shape index (κ2) is 4.97. The molecule has 0 spiro atoms. The zero-order chi connectivity index (χ0) is 15.3. The van der Waals surface area contributed by atoms with E-state index in [9.17, 15) is 4.79 Å². The van der Waals surface area contributed by atoms with Gasteiger partial charge < -0.3 is 11.1 Å². The molecule has 4 bridgehead atoms. The number of hydrogen-bond acceptors (Lipinski definition) is 2. The third-order valence-corrected chi connectivity index (χ3v) is 6.22. The quantitative estimate of drug-likeness (QED) is 0.816. The third kappa shape index (κ3) is 2.86. The summed E-state index contributed by atoms with van der Waals surface area (Å²) in [4.78, 5) is 12.5. The highest BCUT2D eigenvalue weighted by Gasteiger charge is 2.60. The van der Waals surface area contributed by atoms with Crippen LogP contribution < -0.4 is 11.1 Å². The summed E-state index contributed by atoms with van der Waals surface area (Å²) in [6, 6.07) is -0.321. The van der Waals surface area contributed by atoms with Crippen LogP contribution in [0.4, 0.5) is 0 Å². The average Bonchev–Trinajstić information content (AvgIpc) is 2.30. The van der Waals surface area contributed by atoms with Gasteiger partial charge in [0, 0.05) is 5.54 Å². The van der Waals surface area contributed by atoms with Crippen LogP contribution in [0.1, 0.15) is 78.6 Å². The van der Waals surface area contributed by atoms with E-state index in [2.05, 4.69) is 26.1 Å². The zero-order valence-corrected chi connectivity index (χ0v) is 14.0. The van der Waals surface area contributed by atoms with E-state index < -0.39 is 0 Å². The van der Waals surface area contributed by atoms with E-state index in [-0.39, 0.29) is 17.5 Å². The Morgan fingerprint density at radius 3 is 2.33 bits per heavy atom. The van der Waals surface area contributed by atoms with Crippen LogP contribution in [0.2, 0.25) is 0 Å². The van der Waals surface area contributed by atoms with Crippen molar-refractivity contribution < 1.29 is 4.79 Å². The normalized spacial score (nSPS) is 45.6. The molecule has 4 aliphatic carbocycles. The highest BCUT2D eigenvalue weighted by molar-refractivity contribution is 5.82. The first kappa shape index (κ1) is 15.3. The van der Waals surface area contributed by atoms with Crippen LogP contribution in [0.5, 0.6) is 0 Å². The number of nitrogens with one attached hydrogen (secondary N) is 1. The van der Waals surface area contributed by atoms with E-state index in [0.29, 0.717) is 10.8 Å². The molecule has 0 heterocycles. The minimum atomic E-state index is -0.321. The van der Waals surface area contributed by atoms with E-state index in [1.54, 1.807) is 0 Å². The Morgan fingerprint density at radius 2 is 1.81 bits per heavy atom. The Bertz CT molecular complexity index is 415. The van der Waals surface area contributed by atoms with Gasteiger partial charge in [0.05, 0.1) is 6.04 Å². The minimum absolute atomic E-state index is 0.0455. The Morgan fingerprint density at radius 1 is 1.19 bits per heavy atom. The maximum Gasteiger partial charge on any atom is 0.237 e. The molecule has 3 heteroatoms. The van der Waals surface area contributed by atoms with Gasteiger partial charge in [0.1, 0.15) is 0 Å². The standard InChI is InChI=1S/C18H32N2O/c1-4-5-6-14(19)15(21)20-18-9-13-7-16(2,11-18)10-17(3,8-13)12-18/h13-14H,4-12,19H2,1-3H3,(H,20,21). The molecule has 0 aromatic rings. The van der Waals surface area contributed by atoms with Crippen LogP contribution in [0.3, 0.4) is 0 Å². The van der Waals surface area contributed by atoms with Crippen molar-refractivity contribution in [2.45, 2.75) is 90.1 Å². The predicted molar refractivity (Wildman–Crippen MR) is 85.8 cm³/mol. The van der Waals surface area contributed by atoms with Crippen molar-refractivity contribution in [2.24, 2.45) is 22.5 Å². The van der Waals surface area contributed by atoms with E-state index in [4.69, 9.17) is 5.73 Å². The molecule has 0 aliphatic heterocycles. The molecule has 4 aliphatic rings. The van der Waals surface area contributed by atoms with Crippen LogP contribution in [-0.2, 0) is 4.79 Å². The van der Waals surface area contributed by atoms with Gasteiger partial charge in [-0.2, -0.15) is 0 Å². The molecule has 21 heavy (non-hydrogen) atoms. The van der Waals surface area contributed by atoms with Crippen molar-refractivity contribution in [1.29, 1.82) is 0 Å². The van der Waals surface area contributed by atoms with Crippen LogP contribution in [0.15, 0.2) is 0 Å². The molecule has 3 unspecified atom stereocenters. The first-order valence-electron chi connectivity index (χ1n) is 8.85. The predicted octanol–water partition coefficient (Wildman–Crippen LogP) is 3.37. The lowest BCUT2D eigenvalue weighted by Gasteiger charge is -2.65. The molecule has 120 valence electrons. The number of unbranched alkanes of at least 4 members (excludes halogenated alkanes) is 1. The van der Waals surface area contributed by atoms with Gasteiger partial charge in [-0.3, -0.25) is 4.79 Å². The summed E-state index contributed by atoms with van der Waals surface area (Å²) in [6.45, 7) is 7.02. The second-order valence-electron chi connectivity index (χ2n) is 9.15. The molecule has 1 amide bonds. The van der Waals surface area contributed by atoms with Gasteiger partial charge in [0.15, 0.2) is 0 Å². The molecule has 0 radical (unpaired) electrons. The fourth-order valence-corrected chi connectivity index (χ4v) is 6.50. The smallest absolute Gasteiger partial charge is 0.237 e. The summed E-state index contributed by atoms with van der Waals surface area (Å²) >= 11 is 0. The van der Waals surface area contributed by atoms with Gasteiger partial charge in [0.2, 0.25) is 5.91 Å². The number of hydrogen-bond donors (Lipinski definition) is 2. The van der Waals surface area contributed by atoms with Crippen LogP contribution in [0.25, 0.3) is 0 Å². The number of carbonyl (C=O) groups is 1.